The first-order valence-electron chi connectivity index (χ1n) is 5.90. The van der Waals surface area contributed by atoms with E-state index < -0.39 is 0 Å². The maximum atomic E-state index is 12.9. The lowest BCUT2D eigenvalue weighted by Gasteiger charge is -2.12. The van der Waals surface area contributed by atoms with Crippen molar-refractivity contribution in [3.63, 3.8) is 0 Å². The maximum Gasteiger partial charge on any atom is 0.123 e. The van der Waals surface area contributed by atoms with Crippen LogP contribution in [0.25, 0.3) is 0 Å². The van der Waals surface area contributed by atoms with Gasteiger partial charge in [-0.15, -0.1) is 0 Å². The minimum Gasteiger partial charge on any atom is -0.379 e. The average molecular weight is 241 g/mol. The highest BCUT2D eigenvalue weighted by Gasteiger charge is 2.06. The molecule has 0 amide bonds. The van der Waals surface area contributed by atoms with Crippen LogP contribution in [0.3, 0.4) is 0 Å². The molecule has 0 radical (unpaired) electrons. The Balaban J connectivity index is 2.19. The molecule has 0 aromatic heterocycles. The molecule has 0 saturated heterocycles. The van der Waals surface area contributed by atoms with E-state index in [-0.39, 0.29) is 11.9 Å². The highest BCUT2D eigenvalue weighted by Crippen LogP contribution is 2.11. The van der Waals surface area contributed by atoms with E-state index in [2.05, 4.69) is 6.92 Å². The van der Waals surface area contributed by atoms with Gasteiger partial charge in [0.1, 0.15) is 5.82 Å². The van der Waals surface area contributed by atoms with Gasteiger partial charge in [0.15, 0.2) is 0 Å². The minimum atomic E-state index is -0.295. The van der Waals surface area contributed by atoms with Crippen LogP contribution in [0.1, 0.15) is 24.9 Å². The second-order valence-corrected chi connectivity index (χ2v) is 3.85. The van der Waals surface area contributed by atoms with Crippen LogP contribution in [0.5, 0.6) is 0 Å². The van der Waals surface area contributed by atoms with Gasteiger partial charge in [0.25, 0.3) is 0 Å². The summed E-state index contributed by atoms with van der Waals surface area (Å²) >= 11 is 0. The third-order valence-electron chi connectivity index (χ3n) is 2.29. The van der Waals surface area contributed by atoms with E-state index in [1.165, 1.54) is 12.1 Å². The Hall–Kier alpha value is -0.970. The molecule has 17 heavy (non-hydrogen) atoms. The smallest absolute Gasteiger partial charge is 0.123 e. The Labute approximate surface area is 102 Å². The van der Waals surface area contributed by atoms with Crippen molar-refractivity contribution in [2.24, 2.45) is 5.73 Å². The molecule has 1 aromatic rings. The first kappa shape index (κ1) is 14.1. The van der Waals surface area contributed by atoms with Crippen molar-refractivity contribution < 1.29 is 13.9 Å². The van der Waals surface area contributed by atoms with E-state index in [1.807, 2.05) is 0 Å². The van der Waals surface area contributed by atoms with Crippen molar-refractivity contribution in [3.8, 4) is 0 Å². The van der Waals surface area contributed by atoms with Crippen molar-refractivity contribution in [1.82, 2.24) is 0 Å². The van der Waals surface area contributed by atoms with E-state index in [1.54, 1.807) is 12.1 Å². The number of ether oxygens (including phenoxy) is 2. The number of hydrogen-bond donors (Lipinski definition) is 1. The second kappa shape index (κ2) is 8.17. The molecular weight excluding hydrogens is 221 g/mol. The van der Waals surface area contributed by atoms with Gasteiger partial charge >= 0.3 is 0 Å². The predicted molar refractivity (Wildman–Crippen MR) is 65.3 cm³/mol. The fourth-order valence-electron chi connectivity index (χ4n) is 1.41. The summed E-state index contributed by atoms with van der Waals surface area (Å²) in [6.45, 7) is 4.27. The first-order chi connectivity index (χ1) is 8.24. The standard InChI is InChI=1S/C13H20FNO2/c1-2-6-16-7-8-17-10-13(15)11-4-3-5-12(14)9-11/h3-5,9,13H,2,6-8,10,15H2,1H3. The summed E-state index contributed by atoms with van der Waals surface area (Å²) in [6, 6.07) is 5.98. The first-order valence-corrected chi connectivity index (χ1v) is 5.90. The van der Waals surface area contributed by atoms with E-state index in [0.29, 0.717) is 19.8 Å². The normalized spacial score (nSPS) is 12.6. The molecule has 4 heteroatoms. The molecule has 0 aliphatic rings. The number of benzene rings is 1. The zero-order chi connectivity index (χ0) is 12.5. The Morgan fingerprint density at radius 3 is 2.71 bits per heavy atom. The van der Waals surface area contributed by atoms with Crippen molar-refractivity contribution in [1.29, 1.82) is 0 Å². The van der Waals surface area contributed by atoms with Crippen LogP contribution in [0, 0.1) is 5.82 Å². The molecule has 0 spiro atoms. The van der Waals surface area contributed by atoms with Crippen LogP contribution >= 0.6 is 0 Å². The molecule has 96 valence electrons. The third kappa shape index (κ3) is 5.77. The summed E-state index contributed by atoms with van der Waals surface area (Å²) in [5.41, 5.74) is 6.62. The lowest BCUT2D eigenvalue weighted by Crippen LogP contribution is -2.18. The van der Waals surface area contributed by atoms with Crippen molar-refractivity contribution in [2.45, 2.75) is 19.4 Å². The third-order valence-corrected chi connectivity index (χ3v) is 2.29. The van der Waals surface area contributed by atoms with E-state index >= 15 is 0 Å². The largest absolute Gasteiger partial charge is 0.379 e. The maximum absolute atomic E-state index is 12.9. The molecule has 0 heterocycles. The van der Waals surface area contributed by atoms with Gasteiger partial charge in [-0.3, -0.25) is 0 Å². The van der Waals surface area contributed by atoms with Gasteiger partial charge in [0.05, 0.1) is 25.9 Å². The molecule has 3 nitrogen and oxygen atoms in total. The number of rotatable bonds is 8. The lowest BCUT2D eigenvalue weighted by atomic mass is 10.1. The quantitative estimate of drug-likeness (QED) is 0.710. The summed E-state index contributed by atoms with van der Waals surface area (Å²) in [5, 5.41) is 0. The molecule has 0 bridgehead atoms. The fraction of sp³-hybridized carbons (Fsp3) is 0.538. The van der Waals surface area contributed by atoms with Gasteiger partial charge in [0.2, 0.25) is 0 Å². The highest BCUT2D eigenvalue weighted by atomic mass is 19.1. The summed E-state index contributed by atoms with van der Waals surface area (Å²) < 4.78 is 23.6. The monoisotopic (exact) mass is 241 g/mol. The van der Waals surface area contributed by atoms with Crippen LogP contribution in [0.15, 0.2) is 24.3 Å². The van der Waals surface area contributed by atoms with Gasteiger partial charge < -0.3 is 15.2 Å². The van der Waals surface area contributed by atoms with Crippen LogP contribution in [0.4, 0.5) is 4.39 Å². The molecule has 1 atom stereocenters. The Kier molecular flexibility index (Phi) is 6.77. The van der Waals surface area contributed by atoms with Gasteiger partial charge in [-0.2, -0.15) is 0 Å². The molecule has 0 aliphatic carbocycles. The van der Waals surface area contributed by atoms with E-state index in [0.717, 1.165) is 18.6 Å². The molecule has 0 fully saturated rings. The minimum absolute atomic E-state index is 0.274. The van der Waals surface area contributed by atoms with Crippen LogP contribution in [0.2, 0.25) is 0 Å². The Morgan fingerprint density at radius 1 is 1.24 bits per heavy atom. The predicted octanol–water partition coefficient (Wildman–Crippen LogP) is 2.27. The summed E-state index contributed by atoms with van der Waals surface area (Å²) in [7, 11) is 0. The Morgan fingerprint density at radius 2 is 2.00 bits per heavy atom. The van der Waals surface area contributed by atoms with Crippen LogP contribution in [-0.2, 0) is 9.47 Å². The van der Waals surface area contributed by atoms with Crippen LogP contribution < -0.4 is 5.73 Å². The summed E-state index contributed by atoms with van der Waals surface area (Å²) in [4.78, 5) is 0. The fourth-order valence-corrected chi connectivity index (χ4v) is 1.41. The van der Waals surface area contributed by atoms with Gasteiger partial charge in [-0.05, 0) is 24.1 Å². The summed E-state index contributed by atoms with van der Waals surface area (Å²) in [5.74, 6) is -0.274. The zero-order valence-electron chi connectivity index (χ0n) is 10.2. The van der Waals surface area contributed by atoms with E-state index in [9.17, 15) is 4.39 Å². The second-order valence-electron chi connectivity index (χ2n) is 3.85. The SMILES string of the molecule is CCCOCCOCC(N)c1cccc(F)c1. The van der Waals surface area contributed by atoms with Crippen LogP contribution in [-0.4, -0.2) is 26.4 Å². The molecule has 1 unspecified atom stereocenters. The molecule has 1 rings (SSSR count). The van der Waals surface area contributed by atoms with Gasteiger partial charge in [-0.25, -0.2) is 4.39 Å². The van der Waals surface area contributed by atoms with Crippen molar-refractivity contribution in [2.75, 3.05) is 26.4 Å². The number of halogens is 1. The molecule has 1 aromatic carbocycles. The highest BCUT2D eigenvalue weighted by molar-refractivity contribution is 5.19. The molecule has 0 aliphatic heterocycles. The van der Waals surface area contributed by atoms with E-state index in [4.69, 9.17) is 15.2 Å². The van der Waals surface area contributed by atoms with Gasteiger partial charge in [-0.1, -0.05) is 19.1 Å². The Bertz CT molecular complexity index is 320. The number of nitrogens with two attached hydrogens (primary N) is 1. The van der Waals surface area contributed by atoms with Crippen molar-refractivity contribution >= 4 is 0 Å². The molecule has 2 N–H and O–H groups in total. The lowest BCUT2D eigenvalue weighted by molar-refractivity contribution is 0.0428. The van der Waals surface area contributed by atoms with Crippen molar-refractivity contribution in [3.05, 3.63) is 35.6 Å². The summed E-state index contributed by atoms with van der Waals surface area (Å²) in [6.07, 6.45) is 1.00. The molecule has 0 saturated carbocycles. The number of hydrogen-bond acceptors (Lipinski definition) is 3. The van der Waals surface area contributed by atoms with Gasteiger partial charge in [0, 0.05) is 6.61 Å². The topological polar surface area (TPSA) is 44.5 Å². The zero-order valence-corrected chi connectivity index (χ0v) is 10.2. The average Bonchev–Trinajstić information content (AvgIpc) is 2.33. The molecular formula is C13H20FNO2.